The Hall–Kier alpha value is -1.17. The van der Waals surface area contributed by atoms with Crippen molar-refractivity contribution in [3.05, 3.63) is 29.8 Å². The van der Waals surface area contributed by atoms with Crippen molar-refractivity contribution in [3.8, 4) is 5.75 Å². The van der Waals surface area contributed by atoms with Gasteiger partial charge in [-0.2, -0.15) is 8.42 Å². The van der Waals surface area contributed by atoms with E-state index < -0.39 is 27.5 Å². The molecule has 6 heteroatoms. The van der Waals surface area contributed by atoms with Crippen molar-refractivity contribution in [1.82, 2.24) is 0 Å². The van der Waals surface area contributed by atoms with E-state index in [1.807, 2.05) is 6.07 Å². The van der Waals surface area contributed by atoms with Crippen molar-refractivity contribution >= 4 is 10.1 Å². The van der Waals surface area contributed by atoms with Crippen LogP contribution in [0.3, 0.4) is 0 Å². The number of hydrogen-bond donors (Lipinski definition) is 0. The average Bonchev–Trinajstić information content (AvgIpc) is 1.93. The van der Waals surface area contributed by atoms with Gasteiger partial charge in [-0.3, -0.25) is 0 Å². The van der Waals surface area contributed by atoms with Crippen molar-refractivity contribution in [2.24, 2.45) is 0 Å². The molecule has 0 spiro atoms. The largest absolute Gasteiger partial charge is 0.379 e. The highest BCUT2D eigenvalue weighted by atomic mass is 32.2. The van der Waals surface area contributed by atoms with Gasteiger partial charge in [0.25, 0.3) is 0 Å². The molecule has 13 heavy (non-hydrogen) atoms. The molecule has 0 bridgehead atoms. The fourth-order valence-corrected chi connectivity index (χ4v) is 1.11. The first-order chi connectivity index (χ1) is 5.88. The first-order valence-corrected chi connectivity index (χ1v) is 4.96. The van der Waals surface area contributed by atoms with E-state index in [-0.39, 0.29) is 0 Å². The topological polar surface area (TPSA) is 43.4 Å². The number of hydrogen-bond acceptors (Lipinski definition) is 3. The number of rotatable bonds is 2. The minimum Gasteiger partial charge on any atom is -0.379 e. The predicted molar refractivity (Wildman–Crippen MR) is 40.7 cm³/mol. The molecule has 0 saturated heterocycles. The summed E-state index contributed by atoms with van der Waals surface area (Å²) >= 11 is 0. The molecular formula is C7H5F2O3S. The quantitative estimate of drug-likeness (QED) is 0.682. The summed E-state index contributed by atoms with van der Waals surface area (Å²) in [7, 11) is -3.79. The van der Waals surface area contributed by atoms with Crippen LogP contribution in [0.15, 0.2) is 12.1 Å². The zero-order valence-electron chi connectivity index (χ0n) is 6.54. The van der Waals surface area contributed by atoms with E-state index in [4.69, 9.17) is 0 Å². The maximum Gasteiger partial charge on any atom is 0.306 e. The van der Waals surface area contributed by atoms with Crippen molar-refractivity contribution < 1.29 is 21.4 Å². The van der Waals surface area contributed by atoms with Crippen molar-refractivity contribution in [3.63, 3.8) is 0 Å². The zero-order chi connectivity index (χ0) is 10.1. The van der Waals surface area contributed by atoms with Gasteiger partial charge in [0, 0.05) is 12.1 Å². The fourth-order valence-electron chi connectivity index (χ4n) is 0.654. The van der Waals surface area contributed by atoms with Gasteiger partial charge in [0.1, 0.15) is 5.82 Å². The highest BCUT2D eigenvalue weighted by Gasteiger charge is 2.10. The van der Waals surface area contributed by atoms with Crippen LogP contribution in [0.5, 0.6) is 5.75 Å². The van der Waals surface area contributed by atoms with E-state index in [0.29, 0.717) is 6.07 Å². The second kappa shape index (κ2) is 3.29. The van der Waals surface area contributed by atoms with Gasteiger partial charge < -0.3 is 4.18 Å². The van der Waals surface area contributed by atoms with Gasteiger partial charge >= 0.3 is 10.1 Å². The van der Waals surface area contributed by atoms with Crippen LogP contribution >= 0.6 is 0 Å². The summed E-state index contributed by atoms with van der Waals surface area (Å²) in [4.78, 5) is 0. The Bertz CT molecular complexity index is 414. The summed E-state index contributed by atoms with van der Waals surface area (Å²) in [5.41, 5.74) is 0. The molecule has 0 aliphatic heterocycles. The first kappa shape index (κ1) is 9.91. The highest BCUT2D eigenvalue weighted by Crippen LogP contribution is 2.18. The van der Waals surface area contributed by atoms with E-state index in [9.17, 15) is 17.2 Å². The van der Waals surface area contributed by atoms with Crippen LogP contribution in [0.1, 0.15) is 0 Å². The van der Waals surface area contributed by atoms with Crippen LogP contribution in [0, 0.1) is 17.7 Å². The summed E-state index contributed by atoms with van der Waals surface area (Å²) in [6.45, 7) is 0. The average molecular weight is 207 g/mol. The van der Waals surface area contributed by atoms with Crippen LogP contribution in [0.2, 0.25) is 0 Å². The summed E-state index contributed by atoms with van der Waals surface area (Å²) in [5, 5.41) is 0. The van der Waals surface area contributed by atoms with Gasteiger partial charge in [-0.25, -0.2) is 8.78 Å². The number of benzene rings is 1. The van der Waals surface area contributed by atoms with Crippen LogP contribution in [-0.2, 0) is 10.1 Å². The SMILES string of the molecule is CS(=O)(=O)Oc1c[c]c(F)cc1F. The molecule has 0 atom stereocenters. The Balaban J connectivity index is 3.04. The highest BCUT2D eigenvalue weighted by molar-refractivity contribution is 7.86. The molecule has 0 unspecified atom stereocenters. The molecule has 1 aromatic carbocycles. The second-order valence-corrected chi connectivity index (χ2v) is 3.86. The third-order valence-corrected chi connectivity index (χ3v) is 1.55. The minimum absolute atomic E-state index is 0.487. The maximum absolute atomic E-state index is 12.7. The van der Waals surface area contributed by atoms with E-state index in [1.54, 1.807) is 0 Å². The Morgan fingerprint density at radius 2 is 2.08 bits per heavy atom. The molecule has 0 heterocycles. The monoisotopic (exact) mass is 207 g/mol. The first-order valence-electron chi connectivity index (χ1n) is 3.15. The van der Waals surface area contributed by atoms with Gasteiger partial charge in [-0.1, -0.05) is 0 Å². The molecule has 1 rings (SSSR count). The van der Waals surface area contributed by atoms with Crippen molar-refractivity contribution in [2.45, 2.75) is 0 Å². The maximum atomic E-state index is 12.7. The molecular weight excluding hydrogens is 202 g/mol. The van der Waals surface area contributed by atoms with E-state index >= 15 is 0 Å². The van der Waals surface area contributed by atoms with Crippen LogP contribution in [-0.4, -0.2) is 14.7 Å². The van der Waals surface area contributed by atoms with Gasteiger partial charge in [-0.15, -0.1) is 0 Å². The zero-order valence-corrected chi connectivity index (χ0v) is 7.36. The van der Waals surface area contributed by atoms with E-state index in [2.05, 4.69) is 4.18 Å². The Morgan fingerprint density at radius 3 is 2.54 bits per heavy atom. The second-order valence-electron chi connectivity index (χ2n) is 2.28. The standard InChI is InChI=1S/C7H5F2O3S/c1-13(10,11)12-7-3-2-5(8)4-6(7)9/h3-4H,1H3. The predicted octanol–water partition coefficient (Wildman–Crippen LogP) is 1.10. The lowest BCUT2D eigenvalue weighted by Gasteiger charge is -2.02. The van der Waals surface area contributed by atoms with Gasteiger partial charge in [0.15, 0.2) is 11.6 Å². The minimum atomic E-state index is -3.79. The number of halogens is 2. The molecule has 71 valence electrons. The summed E-state index contributed by atoms with van der Waals surface area (Å²) in [6, 6.07) is 3.24. The molecule has 0 aliphatic rings. The van der Waals surface area contributed by atoms with E-state index in [1.165, 1.54) is 0 Å². The van der Waals surface area contributed by atoms with Gasteiger partial charge in [-0.05, 0) is 6.07 Å². The van der Waals surface area contributed by atoms with Gasteiger partial charge in [0.2, 0.25) is 0 Å². The molecule has 0 amide bonds. The molecule has 0 saturated carbocycles. The molecule has 0 aliphatic carbocycles. The van der Waals surface area contributed by atoms with Crippen LogP contribution in [0.25, 0.3) is 0 Å². The molecule has 0 N–H and O–H groups in total. The summed E-state index contributed by atoms with van der Waals surface area (Å²) < 4.78 is 50.3. The Labute approximate surface area is 74.1 Å². The summed E-state index contributed by atoms with van der Waals surface area (Å²) in [6.07, 6.45) is 0.760. The lowest BCUT2D eigenvalue weighted by atomic mass is 10.3. The lowest BCUT2D eigenvalue weighted by molar-refractivity contribution is 0.462. The third kappa shape index (κ3) is 2.98. The fraction of sp³-hybridized carbons (Fsp3) is 0.143. The van der Waals surface area contributed by atoms with Gasteiger partial charge in [0.05, 0.1) is 6.26 Å². The molecule has 1 radical (unpaired) electrons. The molecule has 1 aromatic rings. The smallest absolute Gasteiger partial charge is 0.306 e. The van der Waals surface area contributed by atoms with E-state index in [0.717, 1.165) is 12.3 Å². The van der Waals surface area contributed by atoms with Crippen molar-refractivity contribution in [2.75, 3.05) is 6.26 Å². The normalized spacial score (nSPS) is 11.3. The molecule has 0 fully saturated rings. The Morgan fingerprint density at radius 1 is 1.46 bits per heavy atom. The van der Waals surface area contributed by atoms with Crippen LogP contribution < -0.4 is 4.18 Å². The summed E-state index contributed by atoms with van der Waals surface area (Å²) in [5.74, 6) is -2.57. The lowest BCUT2D eigenvalue weighted by Crippen LogP contribution is -2.07. The third-order valence-electron chi connectivity index (χ3n) is 1.07. The molecule has 0 aromatic heterocycles. The molecule has 3 nitrogen and oxygen atoms in total. The Kier molecular flexibility index (Phi) is 2.51. The van der Waals surface area contributed by atoms with Crippen LogP contribution in [0.4, 0.5) is 8.78 Å². The van der Waals surface area contributed by atoms with Crippen molar-refractivity contribution in [1.29, 1.82) is 0 Å².